The van der Waals surface area contributed by atoms with E-state index in [-0.39, 0.29) is 9.13 Å². The molecule has 1 rings (SSSR count). The van der Waals surface area contributed by atoms with Gasteiger partial charge in [0.1, 0.15) is 0 Å². The van der Waals surface area contributed by atoms with Crippen molar-refractivity contribution in [1.82, 2.24) is 4.98 Å². The van der Waals surface area contributed by atoms with Gasteiger partial charge in [-0.1, -0.05) is 0 Å². The minimum Gasteiger partial charge on any atom is -0.401 e. The number of alkyl halides is 3. The van der Waals surface area contributed by atoms with Gasteiger partial charge in [-0.2, -0.15) is 0 Å². The number of halogens is 4. The SMILES string of the molecule is Cc1c([N+](=O)[O-])ncc(OC(F)(F)F)c1I. The lowest BCUT2D eigenvalue weighted by atomic mass is 10.3. The van der Waals surface area contributed by atoms with Crippen molar-refractivity contribution in [3.8, 4) is 5.75 Å². The number of hydrogen-bond donors (Lipinski definition) is 0. The van der Waals surface area contributed by atoms with Crippen LogP contribution in [0.15, 0.2) is 6.20 Å². The lowest BCUT2D eigenvalue weighted by Crippen LogP contribution is -2.18. The molecular weight excluding hydrogens is 344 g/mol. The summed E-state index contributed by atoms with van der Waals surface area (Å²) in [4.78, 5) is 13.0. The highest BCUT2D eigenvalue weighted by atomic mass is 127. The average Bonchev–Trinajstić information content (AvgIpc) is 2.10. The minimum absolute atomic E-state index is 0.0108. The molecule has 0 aliphatic rings. The molecule has 88 valence electrons. The highest BCUT2D eigenvalue weighted by Crippen LogP contribution is 2.32. The van der Waals surface area contributed by atoms with E-state index in [2.05, 4.69) is 9.72 Å². The van der Waals surface area contributed by atoms with Crippen LogP contribution in [0.3, 0.4) is 0 Å². The lowest BCUT2D eigenvalue weighted by Gasteiger charge is -2.10. The van der Waals surface area contributed by atoms with Gasteiger partial charge >= 0.3 is 12.2 Å². The zero-order valence-electron chi connectivity index (χ0n) is 7.71. The summed E-state index contributed by atoms with van der Waals surface area (Å²) < 4.78 is 39.4. The van der Waals surface area contributed by atoms with Crippen LogP contribution < -0.4 is 4.74 Å². The van der Waals surface area contributed by atoms with Crippen LogP contribution in [0.1, 0.15) is 5.56 Å². The quantitative estimate of drug-likeness (QED) is 0.468. The summed E-state index contributed by atoms with van der Waals surface area (Å²) in [6, 6.07) is 0. The molecule has 9 heteroatoms. The molecule has 16 heavy (non-hydrogen) atoms. The number of rotatable bonds is 2. The molecule has 0 radical (unpaired) electrons. The van der Waals surface area contributed by atoms with E-state index in [1.165, 1.54) is 29.5 Å². The van der Waals surface area contributed by atoms with Crippen molar-refractivity contribution in [1.29, 1.82) is 0 Å². The molecule has 0 N–H and O–H groups in total. The van der Waals surface area contributed by atoms with Crippen molar-refractivity contribution in [2.24, 2.45) is 0 Å². The molecule has 0 saturated carbocycles. The number of hydrogen-bond acceptors (Lipinski definition) is 4. The van der Waals surface area contributed by atoms with Gasteiger partial charge in [0.15, 0.2) is 11.9 Å². The first kappa shape index (κ1) is 12.9. The van der Waals surface area contributed by atoms with Crippen LogP contribution in [0.5, 0.6) is 5.75 Å². The highest BCUT2D eigenvalue weighted by Gasteiger charge is 2.33. The van der Waals surface area contributed by atoms with Gasteiger partial charge < -0.3 is 14.9 Å². The molecule has 0 unspecified atom stereocenters. The number of nitro groups is 1. The van der Waals surface area contributed by atoms with Crippen molar-refractivity contribution in [2.75, 3.05) is 0 Å². The van der Waals surface area contributed by atoms with Crippen LogP contribution in [0, 0.1) is 20.6 Å². The van der Waals surface area contributed by atoms with Gasteiger partial charge in [-0.05, 0) is 39.4 Å². The monoisotopic (exact) mass is 348 g/mol. The maximum Gasteiger partial charge on any atom is 0.573 e. The van der Waals surface area contributed by atoms with Crippen molar-refractivity contribution in [3.63, 3.8) is 0 Å². The second-order valence-electron chi connectivity index (χ2n) is 2.69. The predicted molar refractivity (Wildman–Crippen MR) is 55.0 cm³/mol. The fourth-order valence-corrected chi connectivity index (χ4v) is 1.43. The molecule has 0 fully saturated rings. The summed E-state index contributed by atoms with van der Waals surface area (Å²) in [5, 5.41) is 10.4. The smallest absolute Gasteiger partial charge is 0.401 e. The minimum atomic E-state index is -4.84. The van der Waals surface area contributed by atoms with Crippen molar-refractivity contribution in [2.45, 2.75) is 13.3 Å². The summed E-state index contributed by atoms with van der Waals surface area (Å²) in [5.74, 6) is -1.03. The Kier molecular flexibility index (Phi) is 3.55. The second kappa shape index (κ2) is 4.39. The standard InChI is InChI=1S/C7H4F3IN2O3/c1-3-5(11)4(16-7(8,9)10)2-12-6(3)13(14)15/h2H,1H3. The predicted octanol–water partition coefficient (Wildman–Crippen LogP) is 2.80. The van der Waals surface area contributed by atoms with Gasteiger partial charge in [0, 0.05) is 0 Å². The molecule has 0 bridgehead atoms. The molecule has 0 saturated heterocycles. The maximum absolute atomic E-state index is 11.9. The molecule has 0 atom stereocenters. The molecule has 0 aliphatic carbocycles. The van der Waals surface area contributed by atoms with Gasteiger partial charge in [0.25, 0.3) is 0 Å². The first-order valence-corrected chi connectivity index (χ1v) is 4.85. The van der Waals surface area contributed by atoms with E-state index >= 15 is 0 Å². The normalized spacial score (nSPS) is 11.3. The van der Waals surface area contributed by atoms with E-state index in [0.29, 0.717) is 6.20 Å². The molecule has 0 spiro atoms. The number of pyridine rings is 1. The van der Waals surface area contributed by atoms with E-state index in [1.54, 1.807) is 0 Å². The Labute approximate surface area is 101 Å². The summed E-state index contributed by atoms with van der Waals surface area (Å²) in [6.07, 6.45) is -4.16. The Morgan fingerprint density at radius 2 is 2.12 bits per heavy atom. The zero-order valence-corrected chi connectivity index (χ0v) is 9.87. The van der Waals surface area contributed by atoms with Crippen LogP contribution in [-0.2, 0) is 0 Å². The Morgan fingerprint density at radius 1 is 1.56 bits per heavy atom. The Morgan fingerprint density at radius 3 is 2.56 bits per heavy atom. The van der Waals surface area contributed by atoms with Crippen LogP contribution in [0.4, 0.5) is 19.0 Å². The van der Waals surface area contributed by atoms with Crippen molar-refractivity contribution < 1.29 is 22.8 Å². The van der Waals surface area contributed by atoms with Crippen LogP contribution >= 0.6 is 22.6 Å². The molecule has 5 nitrogen and oxygen atoms in total. The van der Waals surface area contributed by atoms with Crippen LogP contribution in [0.2, 0.25) is 0 Å². The Bertz CT molecular complexity index is 436. The molecular formula is C7H4F3IN2O3. The first-order valence-electron chi connectivity index (χ1n) is 3.77. The van der Waals surface area contributed by atoms with Gasteiger partial charge in [-0.25, -0.2) is 0 Å². The summed E-state index contributed by atoms with van der Waals surface area (Å²) in [5.41, 5.74) is 0.0346. The van der Waals surface area contributed by atoms with E-state index in [1.807, 2.05) is 0 Å². The third-order valence-electron chi connectivity index (χ3n) is 1.58. The van der Waals surface area contributed by atoms with E-state index in [0.717, 1.165) is 0 Å². The third kappa shape index (κ3) is 2.93. The van der Waals surface area contributed by atoms with E-state index in [4.69, 9.17) is 0 Å². The van der Waals surface area contributed by atoms with E-state index in [9.17, 15) is 23.3 Å². The van der Waals surface area contributed by atoms with Crippen molar-refractivity contribution in [3.05, 3.63) is 25.4 Å². The van der Waals surface area contributed by atoms with Gasteiger partial charge in [0.05, 0.1) is 9.13 Å². The molecule has 0 aliphatic heterocycles. The summed E-state index contributed by atoms with van der Waals surface area (Å²) in [6.45, 7) is 1.30. The fourth-order valence-electron chi connectivity index (χ4n) is 0.936. The Balaban J connectivity index is 3.17. The zero-order chi connectivity index (χ0) is 12.5. The van der Waals surface area contributed by atoms with Gasteiger partial charge in [-0.3, -0.25) is 0 Å². The fraction of sp³-hybridized carbons (Fsp3) is 0.286. The molecule has 1 aromatic rings. The summed E-state index contributed by atoms with van der Waals surface area (Å²) in [7, 11) is 0. The topological polar surface area (TPSA) is 65.3 Å². The molecule has 1 heterocycles. The molecule has 1 aromatic heterocycles. The highest BCUT2D eigenvalue weighted by molar-refractivity contribution is 14.1. The summed E-state index contributed by atoms with van der Waals surface area (Å²) >= 11 is 1.53. The second-order valence-corrected chi connectivity index (χ2v) is 3.77. The van der Waals surface area contributed by atoms with Gasteiger partial charge in [0.2, 0.25) is 0 Å². The van der Waals surface area contributed by atoms with Crippen LogP contribution in [0.25, 0.3) is 0 Å². The van der Waals surface area contributed by atoms with Crippen LogP contribution in [-0.4, -0.2) is 16.3 Å². The first-order chi connectivity index (χ1) is 7.22. The number of aromatic nitrogens is 1. The maximum atomic E-state index is 11.9. The van der Waals surface area contributed by atoms with Crippen molar-refractivity contribution >= 4 is 28.4 Å². The molecule has 0 aromatic carbocycles. The number of ether oxygens (including phenoxy) is 1. The average molecular weight is 348 g/mol. The number of nitrogens with zero attached hydrogens (tertiary/aromatic N) is 2. The third-order valence-corrected chi connectivity index (χ3v) is 2.92. The van der Waals surface area contributed by atoms with E-state index < -0.39 is 22.9 Å². The Hall–Kier alpha value is -1.13. The molecule has 0 amide bonds. The lowest BCUT2D eigenvalue weighted by molar-refractivity contribution is -0.390. The largest absolute Gasteiger partial charge is 0.573 e. The van der Waals surface area contributed by atoms with Gasteiger partial charge in [-0.15, -0.1) is 13.2 Å².